The molecule has 4 saturated heterocycles. The predicted molar refractivity (Wildman–Crippen MR) is 321 cm³/mol. The highest BCUT2D eigenvalue weighted by atomic mass is 16.6. The first-order valence-electron chi connectivity index (χ1n) is 29.4. The van der Waals surface area contributed by atoms with E-state index >= 15 is 0 Å². The molecular weight excluding hydrogens is 1020 g/mol. The second-order valence-electron chi connectivity index (χ2n) is 23.2. The summed E-state index contributed by atoms with van der Waals surface area (Å²) >= 11 is 0. The van der Waals surface area contributed by atoms with Crippen LogP contribution in [0.15, 0.2) is 46.0 Å². The van der Waals surface area contributed by atoms with Gasteiger partial charge in [0.2, 0.25) is 0 Å². The number of hydrogen-bond acceptors (Lipinski definition) is 11. The van der Waals surface area contributed by atoms with Gasteiger partial charge in [-0.05, 0) is 199 Å². The Morgan fingerprint density at radius 2 is 1.02 bits per heavy atom. The van der Waals surface area contributed by atoms with Gasteiger partial charge >= 0.3 is 6.09 Å². The number of aromatic nitrogens is 2. The molecule has 0 atom stereocenters. The molecule has 16 heteroatoms. The third-order valence-electron chi connectivity index (χ3n) is 16.0. The zero-order valence-corrected chi connectivity index (χ0v) is 50.0. The van der Waals surface area contributed by atoms with E-state index in [-0.39, 0.29) is 48.0 Å². The van der Waals surface area contributed by atoms with Gasteiger partial charge in [0.1, 0.15) is 5.60 Å². The Balaban J connectivity index is 0.000000237. The number of carbonyl (C=O) groups excluding carboxylic acids is 3. The number of pyridine rings is 2. The molecule has 8 rings (SSSR count). The number of hydrogen-bond donors (Lipinski definition) is 5. The number of benzene rings is 2. The van der Waals surface area contributed by atoms with Crippen molar-refractivity contribution in [3.63, 3.8) is 0 Å². The topological polar surface area (TPSA) is 190 Å². The predicted octanol–water partition coefficient (Wildman–Crippen LogP) is 8.82. The van der Waals surface area contributed by atoms with E-state index in [0.29, 0.717) is 53.3 Å². The summed E-state index contributed by atoms with van der Waals surface area (Å²) in [7, 11) is 0. The average molecular weight is 1110 g/mol. The van der Waals surface area contributed by atoms with Gasteiger partial charge in [0.25, 0.3) is 22.9 Å². The number of likely N-dealkylation sites (tertiary alicyclic amines) is 1. The van der Waals surface area contributed by atoms with Crippen LogP contribution in [0.4, 0.5) is 16.2 Å². The van der Waals surface area contributed by atoms with Crippen LogP contribution in [0.1, 0.15) is 163 Å². The molecular formula is C65H88N8O8. The van der Waals surface area contributed by atoms with E-state index in [1.54, 1.807) is 4.90 Å². The Hall–Kier alpha value is -6.85. The number of nitrogens with zero attached hydrogens (tertiary/aromatic N) is 3. The highest BCUT2D eigenvalue weighted by Gasteiger charge is 2.29. The summed E-state index contributed by atoms with van der Waals surface area (Å²) in [5.41, 5.74) is 10.3. The Labute approximate surface area is 480 Å². The van der Waals surface area contributed by atoms with Crippen LogP contribution in [-0.4, -0.2) is 116 Å². The Bertz CT molecular complexity index is 3110. The van der Waals surface area contributed by atoms with Crippen molar-refractivity contribution in [2.24, 2.45) is 11.8 Å². The van der Waals surface area contributed by atoms with Crippen molar-refractivity contribution in [3.8, 4) is 23.7 Å². The summed E-state index contributed by atoms with van der Waals surface area (Å²) in [6.45, 7) is 29.5. The maximum Gasteiger partial charge on any atom is 0.410 e. The zero-order chi connectivity index (χ0) is 58.4. The molecule has 2 aromatic carbocycles. The number of piperidine rings is 2. The molecule has 0 radical (unpaired) electrons. The van der Waals surface area contributed by atoms with Crippen molar-refractivity contribution in [1.29, 1.82) is 0 Å². The van der Waals surface area contributed by atoms with E-state index < -0.39 is 5.60 Å². The molecule has 2 aromatic heterocycles. The Kier molecular flexibility index (Phi) is 21.9. The van der Waals surface area contributed by atoms with E-state index in [4.69, 9.17) is 14.2 Å². The normalized spacial score (nSPS) is 16.4. The third-order valence-corrected chi connectivity index (χ3v) is 16.0. The van der Waals surface area contributed by atoms with Crippen molar-refractivity contribution in [2.75, 3.05) is 75.5 Å². The molecule has 4 aliphatic rings. The third kappa shape index (κ3) is 16.9. The fourth-order valence-electron chi connectivity index (χ4n) is 11.5. The Morgan fingerprint density at radius 1 is 0.617 bits per heavy atom. The minimum Gasteiger partial charge on any atom is -0.444 e. The van der Waals surface area contributed by atoms with E-state index in [2.05, 4.69) is 85.4 Å². The molecule has 0 aliphatic carbocycles. The molecule has 5 N–H and O–H groups in total. The maximum atomic E-state index is 13.7. The van der Waals surface area contributed by atoms with E-state index in [9.17, 15) is 24.0 Å². The number of rotatable bonds is 12. The lowest BCUT2D eigenvalue weighted by molar-refractivity contribution is 0.0199. The van der Waals surface area contributed by atoms with Crippen LogP contribution in [0.2, 0.25) is 0 Å². The molecule has 3 amide bonds. The van der Waals surface area contributed by atoms with Crippen molar-refractivity contribution in [3.05, 3.63) is 124 Å². The summed E-state index contributed by atoms with van der Waals surface area (Å²) < 4.78 is 16.8. The standard InChI is InChI=1S/C35H48N4O5.C30H40N4O3/c1-8-39(28-13-17-43-18-14-28)31-21-27(10-9-26-11-15-38(16-12-26)34(42)44-35(5,6)7)20-29(25(31)4)32(40)36-22-30-23(2)19-24(3)37-33(30)41;1-5-34(25-10-14-37-15-11-25)28-18-24(7-6-23-8-12-31-13-9-23)17-26(22(28)4)29(35)32-19-27-20(2)16-21(3)33-30(27)36/h19-21,26,28H,8,11-18,22H2,1-7H3,(H,36,40)(H,37,41);16-18,23,25,31H,5,8-15,19H2,1-4H3,(H,32,35)(H,33,36). The van der Waals surface area contributed by atoms with Gasteiger partial charge in [0.05, 0.1) is 0 Å². The van der Waals surface area contributed by atoms with Gasteiger partial charge in [-0.2, -0.15) is 0 Å². The highest BCUT2D eigenvalue weighted by molar-refractivity contribution is 5.98. The van der Waals surface area contributed by atoms with Crippen molar-refractivity contribution < 1.29 is 28.6 Å². The molecule has 4 aromatic rings. The number of aryl methyl sites for hydroxylation is 4. The highest BCUT2D eigenvalue weighted by Crippen LogP contribution is 2.32. The smallest absolute Gasteiger partial charge is 0.410 e. The van der Waals surface area contributed by atoms with E-state index in [1.165, 1.54) is 0 Å². The summed E-state index contributed by atoms with van der Waals surface area (Å²) in [6, 6.07) is 12.5. The zero-order valence-electron chi connectivity index (χ0n) is 50.0. The molecule has 6 heterocycles. The van der Waals surface area contributed by atoms with Crippen molar-refractivity contribution in [2.45, 2.75) is 158 Å². The summed E-state index contributed by atoms with van der Waals surface area (Å²) in [5, 5.41) is 9.38. The van der Waals surface area contributed by atoms with E-state index in [1.807, 2.05) is 86.6 Å². The molecule has 0 unspecified atom stereocenters. The first-order valence-corrected chi connectivity index (χ1v) is 29.4. The van der Waals surface area contributed by atoms with Gasteiger partial charge in [-0.25, -0.2) is 4.79 Å². The van der Waals surface area contributed by atoms with Gasteiger partial charge in [0.15, 0.2) is 0 Å². The lowest BCUT2D eigenvalue weighted by Crippen LogP contribution is -2.41. The number of nitrogens with one attached hydrogen (secondary N) is 5. The number of aromatic amines is 2. The molecule has 4 aliphatic heterocycles. The van der Waals surface area contributed by atoms with Crippen LogP contribution in [0.25, 0.3) is 0 Å². The monoisotopic (exact) mass is 1110 g/mol. The quantitative estimate of drug-likeness (QED) is 0.0853. The van der Waals surface area contributed by atoms with Crippen molar-refractivity contribution >= 4 is 29.3 Å². The average Bonchev–Trinajstić information content (AvgIpc) is 3.54. The fraction of sp³-hybridized carbons (Fsp3) is 0.554. The molecule has 0 spiro atoms. The minimum absolute atomic E-state index is 0.138. The minimum atomic E-state index is -0.521. The van der Waals surface area contributed by atoms with Gasteiger partial charge in [0, 0.05) is 146 Å². The first kappa shape index (κ1) is 61.8. The van der Waals surface area contributed by atoms with Crippen LogP contribution >= 0.6 is 0 Å². The fourth-order valence-corrected chi connectivity index (χ4v) is 11.5. The largest absolute Gasteiger partial charge is 0.444 e. The number of ether oxygens (including phenoxy) is 3. The van der Waals surface area contributed by atoms with Crippen LogP contribution < -0.4 is 36.9 Å². The maximum absolute atomic E-state index is 13.7. The first-order chi connectivity index (χ1) is 38.7. The van der Waals surface area contributed by atoms with Crippen LogP contribution in [0, 0.1) is 77.1 Å². The van der Waals surface area contributed by atoms with Crippen LogP contribution in [-0.2, 0) is 27.3 Å². The molecule has 0 bridgehead atoms. The van der Waals surface area contributed by atoms with Crippen molar-refractivity contribution in [1.82, 2.24) is 30.8 Å². The lowest BCUT2D eigenvalue weighted by Gasteiger charge is -2.36. The van der Waals surface area contributed by atoms with E-state index in [0.717, 1.165) is 160 Å². The second kappa shape index (κ2) is 28.7. The number of amides is 3. The van der Waals surface area contributed by atoms with Gasteiger partial charge in [-0.1, -0.05) is 23.7 Å². The summed E-state index contributed by atoms with van der Waals surface area (Å²) in [6.07, 6.45) is 7.15. The van der Waals surface area contributed by atoms with Gasteiger partial charge < -0.3 is 54.8 Å². The lowest BCUT2D eigenvalue weighted by atomic mass is 9.95. The Morgan fingerprint density at radius 3 is 1.41 bits per heavy atom. The van der Waals surface area contributed by atoms with Gasteiger partial charge in [-0.3, -0.25) is 19.2 Å². The second-order valence-corrected chi connectivity index (χ2v) is 23.2. The molecule has 81 heavy (non-hydrogen) atoms. The molecule has 16 nitrogen and oxygen atoms in total. The SMILES string of the molecule is CCN(c1cc(C#CC2CCN(C(=O)OC(C)(C)C)CC2)cc(C(=O)NCc2c(C)cc(C)[nH]c2=O)c1C)C1CCOCC1.CCN(c1cc(C#CC2CCNCC2)cc(C(=O)NCc2c(C)cc(C)[nH]c2=O)c1C)C1CCOCC1. The van der Waals surface area contributed by atoms with Crippen LogP contribution in [0.3, 0.4) is 0 Å². The number of anilines is 2. The summed E-state index contributed by atoms with van der Waals surface area (Å²) in [5.74, 6) is 13.7. The number of H-pyrrole nitrogens is 2. The van der Waals surface area contributed by atoms with Gasteiger partial charge in [-0.15, -0.1) is 0 Å². The molecule has 436 valence electrons. The molecule has 4 fully saturated rings. The molecule has 0 saturated carbocycles. The van der Waals surface area contributed by atoms with Crippen LogP contribution in [0.5, 0.6) is 0 Å². The number of carbonyl (C=O) groups is 3. The summed E-state index contributed by atoms with van der Waals surface area (Å²) in [4.78, 5) is 76.9.